The van der Waals surface area contributed by atoms with Crippen LogP contribution in [0.25, 0.3) is 22.0 Å². The number of hydrogen-bond donors (Lipinski definition) is 6. The molecule has 4 heterocycles. The maximum Gasteiger partial charge on any atom is 0.407 e. The Morgan fingerprint density at radius 2 is 1.67 bits per heavy atom. The summed E-state index contributed by atoms with van der Waals surface area (Å²) in [6.45, 7) is 7.47. The number of ketones is 1. The third-order valence-electron chi connectivity index (χ3n) is 11.7. The minimum absolute atomic E-state index is 0.117. The van der Waals surface area contributed by atoms with Crippen LogP contribution in [0.5, 0.6) is 0 Å². The second-order valence-electron chi connectivity index (χ2n) is 16.2. The van der Waals surface area contributed by atoms with E-state index in [2.05, 4.69) is 48.8 Å². The number of alkyl carbamates (subject to hydrolysis) is 1. The predicted molar refractivity (Wildman–Crippen MR) is 202 cm³/mol. The molecule has 3 amide bonds. The molecule has 2 saturated heterocycles. The zero-order valence-corrected chi connectivity index (χ0v) is 31.5. The van der Waals surface area contributed by atoms with E-state index in [4.69, 9.17) is 9.72 Å². The number of piperidine rings is 2. The second kappa shape index (κ2) is 13.9. The highest BCUT2D eigenvalue weighted by Gasteiger charge is 2.61. The molecule has 14 heteroatoms. The summed E-state index contributed by atoms with van der Waals surface area (Å²) < 4.78 is 4.80. The van der Waals surface area contributed by atoms with Crippen molar-refractivity contribution in [1.29, 1.82) is 0 Å². The summed E-state index contributed by atoms with van der Waals surface area (Å²) in [6.07, 6.45) is 4.93. The van der Waals surface area contributed by atoms with E-state index in [0.717, 1.165) is 46.9 Å². The molecule has 2 saturated carbocycles. The van der Waals surface area contributed by atoms with Gasteiger partial charge in [-0.2, -0.15) is 0 Å². The number of nitrogens with zero attached hydrogens (tertiary/aromatic N) is 3. The fourth-order valence-electron chi connectivity index (χ4n) is 8.57. The summed E-state index contributed by atoms with van der Waals surface area (Å²) in [5, 5.41) is 20.1. The SMILES string of the molecule is COC(=O)N[C@H](C(=O)[C@@]1(c2ncc(C#Cc3ccc4cc(-c5cnc([C@@H]6C[C@H]7C[C@H]7N6C(=O)[C@@H](NC(=O)O)C(C)C)[nH]5)ccc4c3)[nH]2)C[C@H]2C[C@H]2N1)C(C)C. The lowest BCUT2D eigenvalue weighted by Gasteiger charge is -2.33. The van der Waals surface area contributed by atoms with Gasteiger partial charge in [0, 0.05) is 23.2 Å². The lowest BCUT2D eigenvalue weighted by atomic mass is 9.82. The van der Waals surface area contributed by atoms with Gasteiger partial charge in [-0.05, 0) is 84.2 Å². The molecule has 0 radical (unpaired) electrons. The van der Waals surface area contributed by atoms with E-state index >= 15 is 0 Å². The van der Waals surface area contributed by atoms with Gasteiger partial charge in [0.25, 0.3) is 0 Å². The van der Waals surface area contributed by atoms with Gasteiger partial charge in [-0.3, -0.25) is 14.9 Å². The Bertz CT molecular complexity index is 2240. The van der Waals surface area contributed by atoms with Crippen molar-refractivity contribution in [3.8, 4) is 23.1 Å². The number of carbonyl (C=O) groups is 4. The molecular weight excluding hydrogens is 701 g/mol. The summed E-state index contributed by atoms with van der Waals surface area (Å²) >= 11 is 0. The lowest BCUT2D eigenvalue weighted by molar-refractivity contribution is -0.136. The number of H-pyrrole nitrogens is 2. The van der Waals surface area contributed by atoms with E-state index in [1.807, 2.05) is 62.9 Å². The van der Waals surface area contributed by atoms with E-state index in [9.17, 15) is 24.3 Å². The first-order valence-corrected chi connectivity index (χ1v) is 19.0. The Kier molecular flexibility index (Phi) is 9.16. The van der Waals surface area contributed by atoms with E-state index < -0.39 is 29.8 Å². The van der Waals surface area contributed by atoms with E-state index in [1.54, 1.807) is 12.4 Å². The van der Waals surface area contributed by atoms with Gasteiger partial charge in [0.05, 0.1) is 37.3 Å². The van der Waals surface area contributed by atoms with Crippen molar-refractivity contribution in [3.05, 3.63) is 71.7 Å². The Morgan fingerprint density at radius 3 is 2.38 bits per heavy atom. The first-order valence-electron chi connectivity index (χ1n) is 19.0. The summed E-state index contributed by atoms with van der Waals surface area (Å²) in [6, 6.07) is 10.7. The largest absolute Gasteiger partial charge is 0.465 e. The first kappa shape index (κ1) is 36.3. The van der Waals surface area contributed by atoms with Crippen molar-refractivity contribution in [2.75, 3.05) is 7.11 Å². The fraction of sp³-hybridized carbons (Fsp3) is 0.463. The summed E-state index contributed by atoms with van der Waals surface area (Å²) in [5.74, 6) is 7.71. The van der Waals surface area contributed by atoms with Gasteiger partial charge in [-0.15, -0.1) is 0 Å². The molecule has 2 aliphatic carbocycles. The maximum atomic E-state index is 14.1. The van der Waals surface area contributed by atoms with Crippen molar-refractivity contribution in [2.45, 2.75) is 89.1 Å². The van der Waals surface area contributed by atoms with E-state index in [-0.39, 0.29) is 41.7 Å². The van der Waals surface area contributed by atoms with Crippen LogP contribution in [0.1, 0.15) is 82.3 Å². The van der Waals surface area contributed by atoms with Crippen LogP contribution in [0, 0.1) is 35.5 Å². The molecule has 4 aromatic rings. The van der Waals surface area contributed by atoms with Gasteiger partial charge in [0.1, 0.15) is 28.9 Å². The van der Waals surface area contributed by atoms with Crippen molar-refractivity contribution >= 4 is 34.6 Å². The van der Waals surface area contributed by atoms with Gasteiger partial charge >= 0.3 is 12.2 Å². The molecule has 0 spiro atoms. The highest BCUT2D eigenvalue weighted by Crippen LogP contribution is 2.53. The number of likely N-dealkylation sites (tertiary alicyclic amines) is 1. The number of carbonyl (C=O) groups excluding carboxylic acids is 3. The molecule has 4 aliphatic rings. The molecule has 8 rings (SSSR count). The topological polar surface area (TPSA) is 194 Å². The quantitative estimate of drug-likeness (QED) is 0.123. The maximum absolute atomic E-state index is 14.1. The van der Waals surface area contributed by atoms with E-state index in [1.165, 1.54) is 7.11 Å². The van der Waals surface area contributed by atoms with Gasteiger partial charge in [0.15, 0.2) is 5.78 Å². The van der Waals surface area contributed by atoms with Crippen LogP contribution in [0.4, 0.5) is 9.59 Å². The number of methoxy groups -OCH3 is 1. The zero-order valence-electron chi connectivity index (χ0n) is 31.5. The summed E-state index contributed by atoms with van der Waals surface area (Å²) in [7, 11) is 1.28. The van der Waals surface area contributed by atoms with Gasteiger partial charge in [-0.1, -0.05) is 51.8 Å². The summed E-state index contributed by atoms with van der Waals surface area (Å²) in [5.41, 5.74) is 2.12. The Morgan fingerprint density at radius 1 is 0.909 bits per heavy atom. The van der Waals surface area contributed by atoms with Gasteiger partial charge in [0.2, 0.25) is 5.91 Å². The third kappa shape index (κ3) is 6.82. The number of amides is 3. The number of hydrogen-bond acceptors (Lipinski definition) is 8. The Hall–Kier alpha value is -5.68. The van der Waals surface area contributed by atoms with Crippen LogP contribution >= 0.6 is 0 Å². The van der Waals surface area contributed by atoms with Crippen LogP contribution in [0.3, 0.4) is 0 Å². The number of nitrogens with one attached hydrogen (secondary N) is 5. The van der Waals surface area contributed by atoms with Crippen molar-refractivity contribution in [1.82, 2.24) is 40.8 Å². The molecule has 2 aliphatic heterocycles. The van der Waals surface area contributed by atoms with Crippen LogP contribution in [0.2, 0.25) is 0 Å². The number of rotatable bonds is 10. The number of fused-ring (bicyclic) bond motifs is 3. The molecule has 4 fully saturated rings. The minimum Gasteiger partial charge on any atom is -0.465 e. The molecule has 0 bridgehead atoms. The van der Waals surface area contributed by atoms with Crippen molar-refractivity contribution in [2.24, 2.45) is 23.7 Å². The molecule has 0 unspecified atom stereocenters. The number of ether oxygens (including phenoxy) is 1. The lowest BCUT2D eigenvalue weighted by Crippen LogP contribution is -2.58. The fourth-order valence-corrected chi connectivity index (χ4v) is 8.57. The second-order valence-corrected chi connectivity index (χ2v) is 16.2. The van der Waals surface area contributed by atoms with Crippen LogP contribution < -0.4 is 16.0 Å². The molecule has 55 heavy (non-hydrogen) atoms. The Balaban J connectivity index is 0.983. The molecular formula is C41H46N8O6. The number of aromatic amines is 2. The minimum atomic E-state index is -1.21. The monoisotopic (exact) mass is 746 g/mol. The number of imidazole rings is 2. The number of benzene rings is 2. The van der Waals surface area contributed by atoms with Crippen molar-refractivity contribution in [3.63, 3.8) is 0 Å². The number of Topliss-reactive ketones (excluding diaryl/α,β-unsaturated/α-hetero) is 1. The predicted octanol–water partition coefficient (Wildman–Crippen LogP) is 4.83. The molecule has 2 aromatic carbocycles. The van der Waals surface area contributed by atoms with Gasteiger partial charge in [-0.25, -0.2) is 19.6 Å². The van der Waals surface area contributed by atoms with Crippen LogP contribution in [-0.4, -0.2) is 85.1 Å². The van der Waals surface area contributed by atoms with Crippen molar-refractivity contribution < 1.29 is 29.0 Å². The molecule has 6 N–H and O–H groups in total. The molecule has 8 atom stereocenters. The smallest absolute Gasteiger partial charge is 0.407 e. The zero-order chi connectivity index (χ0) is 38.8. The normalized spacial score (nSPS) is 25.8. The standard InChI is InChI=1S/C41H46N8O6/c1-20(2)33(47-40(54)55-5)35(50)41(17-27-14-29(27)48-41)38-43-18-28(44-38)11-7-22-6-8-24-13-25(10-9-23(24)12-22)30-19-42-36(45-30)32-16-26-15-31(26)49(32)37(51)34(21(3)4)46-39(52)53/h6,8-10,12-13,18-21,26-27,29,31-34,46,48H,14-17H2,1-5H3,(H,42,45)(H,43,44)(H,47,54)(H,52,53)/t26-,27-,29-,31-,32+,33+,34+,41-/m1/s1. The highest BCUT2D eigenvalue weighted by atomic mass is 16.5. The highest BCUT2D eigenvalue weighted by molar-refractivity contribution is 5.96. The molecule has 286 valence electrons. The van der Waals surface area contributed by atoms with Gasteiger partial charge < -0.3 is 35.3 Å². The Labute approximate surface area is 318 Å². The average molecular weight is 747 g/mol. The van der Waals surface area contributed by atoms with Crippen LogP contribution in [-0.2, 0) is 19.9 Å². The number of carboxylic acid groups (broad SMARTS) is 1. The molecule has 2 aromatic heterocycles. The molecule has 14 nitrogen and oxygen atoms in total. The van der Waals surface area contributed by atoms with Crippen LogP contribution in [0.15, 0.2) is 48.8 Å². The number of aromatic nitrogens is 4. The average Bonchev–Trinajstić information content (AvgIpc) is 3.73. The summed E-state index contributed by atoms with van der Waals surface area (Å²) in [4.78, 5) is 69.2. The third-order valence-corrected chi connectivity index (χ3v) is 11.7. The first-order chi connectivity index (χ1) is 26.3. The van der Waals surface area contributed by atoms with E-state index in [0.29, 0.717) is 35.6 Å².